The zero-order valence-electron chi connectivity index (χ0n) is 12.3. The molecule has 0 aliphatic heterocycles. The normalized spacial score (nSPS) is 23.3. The van der Waals surface area contributed by atoms with Gasteiger partial charge in [-0.15, -0.1) is 0 Å². The van der Waals surface area contributed by atoms with Crippen molar-refractivity contribution in [3.8, 4) is 0 Å². The van der Waals surface area contributed by atoms with Gasteiger partial charge in [0.2, 0.25) is 5.91 Å². The third kappa shape index (κ3) is 2.78. The first kappa shape index (κ1) is 14.1. The Kier molecular flexibility index (Phi) is 3.92. The van der Waals surface area contributed by atoms with Gasteiger partial charge in [0.25, 0.3) is 0 Å². The van der Waals surface area contributed by atoms with Crippen LogP contribution < -0.4 is 11.1 Å². The third-order valence-corrected chi connectivity index (χ3v) is 4.48. The maximum absolute atomic E-state index is 12.4. The molecule has 1 heterocycles. The van der Waals surface area contributed by atoms with Crippen LogP contribution in [0.15, 0.2) is 24.3 Å². The number of nitrogens with two attached hydrogens (primary N) is 1. The SMILES string of the molecule is CC(NC(=O)[C@@H]1CCC[C@@H]1CN)c1nc2ccccc2[nH]1. The number of hydrogen-bond acceptors (Lipinski definition) is 3. The van der Waals surface area contributed by atoms with Crippen molar-refractivity contribution in [2.75, 3.05) is 6.54 Å². The quantitative estimate of drug-likeness (QED) is 0.805. The molecule has 0 radical (unpaired) electrons. The van der Waals surface area contributed by atoms with Crippen LogP contribution in [0.1, 0.15) is 38.1 Å². The summed E-state index contributed by atoms with van der Waals surface area (Å²) in [5.41, 5.74) is 7.68. The summed E-state index contributed by atoms with van der Waals surface area (Å²) in [7, 11) is 0. The van der Waals surface area contributed by atoms with Crippen LogP contribution in [0.3, 0.4) is 0 Å². The van der Waals surface area contributed by atoms with E-state index in [1.807, 2.05) is 31.2 Å². The molecule has 1 unspecified atom stereocenters. The highest BCUT2D eigenvalue weighted by atomic mass is 16.2. The van der Waals surface area contributed by atoms with Crippen LogP contribution in [0.2, 0.25) is 0 Å². The second-order valence-corrected chi connectivity index (χ2v) is 5.90. The molecular formula is C16H22N4O. The van der Waals surface area contributed by atoms with Gasteiger partial charge in [-0.2, -0.15) is 0 Å². The van der Waals surface area contributed by atoms with Gasteiger partial charge in [0.1, 0.15) is 5.82 Å². The van der Waals surface area contributed by atoms with E-state index in [9.17, 15) is 4.79 Å². The number of hydrogen-bond donors (Lipinski definition) is 3. The van der Waals surface area contributed by atoms with E-state index in [1.54, 1.807) is 0 Å². The molecular weight excluding hydrogens is 264 g/mol. The average Bonchev–Trinajstić information content (AvgIpc) is 3.13. The third-order valence-electron chi connectivity index (χ3n) is 4.48. The van der Waals surface area contributed by atoms with Crippen LogP contribution in [0, 0.1) is 11.8 Å². The topological polar surface area (TPSA) is 83.8 Å². The predicted octanol–water partition coefficient (Wildman–Crippen LogP) is 2.12. The van der Waals surface area contributed by atoms with E-state index in [2.05, 4.69) is 15.3 Å². The van der Waals surface area contributed by atoms with E-state index in [0.29, 0.717) is 12.5 Å². The molecule has 0 saturated heterocycles. The van der Waals surface area contributed by atoms with Crippen molar-refractivity contribution in [2.24, 2.45) is 17.6 Å². The standard InChI is InChI=1S/C16H22N4O/c1-10(15-19-13-7-2-3-8-14(13)20-15)18-16(21)12-6-4-5-11(12)9-17/h2-3,7-8,10-12H,4-6,9,17H2,1H3,(H,18,21)(H,19,20)/t10?,11-,12-/m1/s1. The summed E-state index contributed by atoms with van der Waals surface area (Å²) in [6, 6.07) is 7.76. The molecule has 3 rings (SSSR count). The van der Waals surface area contributed by atoms with Gasteiger partial charge >= 0.3 is 0 Å². The van der Waals surface area contributed by atoms with Gasteiger partial charge in [0.05, 0.1) is 17.1 Å². The fraction of sp³-hybridized carbons (Fsp3) is 0.500. The van der Waals surface area contributed by atoms with E-state index in [1.165, 1.54) is 0 Å². The number of carbonyl (C=O) groups excluding carboxylic acids is 1. The van der Waals surface area contributed by atoms with Crippen molar-refractivity contribution in [1.29, 1.82) is 0 Å². The lowest BCUT2D eigenvalue weighted by molar-refractivity contribution is -0.126. The number of nitrogens with one attached hydrogen (secondary N) is 2. The van der Waals surface area contributed by atoms with Crippen LogP contribution in [0.25, 0.3) is 11.0 Å². The van der Waals surface area contributed by atoms with E-state index in [4.69, 9.17) is 5.73 Å². The molecule has 0 bridgehead atoms. The van der Waals surface area contributed by atoms with Crippen molar-refractivity contribution < 1.29 is 4.79 Å². The maximum Gasteiger partial charge on any atom is 0.224 e. The molecule has 1 aliphatic carbocycles. The molecule has 0 spiro atoms. The fourth-order valence-electron chi connectivity index (χ4n) is 3.23. The van der Waals surface area contributed by atoms with E-state index in [-0.39, 0.29) is 17.9 Å². The molecule has 21 heavy (non-hydrogen) atoms. The molecule has 1 fully saturated rings. The Hall–Kier alpha value is -1.88. The Balaban J connectivity index is 1.70. The highest BCUT2D eigenvalue weighted by molar-refractivity contribution is 5.80. The van der Waals surface area contributed by atoms with Crippen molar-refractivity contribution in [2.45, 2.75) is 32.2 Å². The number of para-hydroxylation sites is 2. The molecule has 5 heteroatoms. The zero-order chi connectivity index (χ0) is 14.8. The first-order valence-electron chi connectivity index (χ1n) is 7.64. The van der Waals surface area contributed by atoms with Crippen molar-refractivity contribution >= 4 is 16.9 Å². The minimum absolute atomic E-state index is 0.0572. The molecule has 2 aromatic rings. The molecule has 1 amide bonds. The van der Waals surface area contributed by atoms with Crippen LogP contribution in [-0.2, 0) is 4.79 Å². The number of carbonyl (C=O) groups is 1. The predicted molar refractivity (Wildman–Crippen MR) is 82.5 cm³/mol. The van der Waals surface area contributed by atoms with Crippen molar-refractivity contribution in [1.82, 2.24) is 15.3 Å². The molecule has 112 valence electrons. The number of fused-ring (bicyclic) bond motifs is 1. The molecule has 3 atom stereocenters. The van der Waals surface area contributed by atoms with E-state index in [0.717, 1.165) is 36.1 Å². The molecule has 1 saturated carbocycles. The van der Waals surface area contributed by atoms with Gasteiger partial charge < -0.3 is 16.0 Å². The summed E-state index contributed by atoms with van der Waals surface area (Å²) in [6.45, 7) is 2.55. The first-order chi connectivity index (χ1) is 10.2. The minimum Gasteiger partial charge on any atom is -0.346 e. The molecule has 1 aromatic heterocycles. The lowest BCUT2D eigenvalue weighted by atomic mass is 9.95. The second kappa shape index (κ2) is 5.85. The van der Waals surface area contributed by atoms with Crippen LogP contribution in [0.4, 0.5) is 0 Å². The number of rotatable bonds is 4. The summed E-state index contributed by atoms with van der Waals surface area (Å²) >= 11 is 0. The lowest BCUT2D eigenvalue weighted by Gasteiger charge is -2.19. The molecule has 1 aliphatic rings. The number of imidazole rings is 1. The molecule has 1 aromatic carbocycles. The summed E-state index contributed by atoms with van der Waals surface area (Å²) in [4.78, 5) is 20.2. The Bertz CT molecular complexity index is 603. The monoisotopic (exact) mass is 286 g/mol. The summed E-state index contributed by atoms with van der Waals surface area (Å²) < 4.78 is 0. The molecule has 5 nitrogen and oxygen atoms in total. The highest BCUT2D eigenvalue weighted by Gasteiger charge is 2.32. The van der Waals surface area contributed by atoms with Gasteiger partial charge in [-0.05, 0) is 44.4 Å². The van der Waals surface area contributed by atoms with Gasteiger partial charge in [-0.25, -0.2) is 4.98 Å². The molecule has 4 N–H and O–H groups in total. The smallest absolute Gasteiger partial charge is 0.224 e. The van der Waals surface area contributed by atoms with Crippen LogP contribution in [-0.4, -0.2) is 22.4 Å². The Morgan fingerprint density at radius 2 is 2.29 bits per heavy atom. The Labute approximate surface area is 124 Å². The summed E-state index contributed by atoms with van der Waals surface area (Å²) in [5.74, 6) is 1.29. The van der Waals surface area contributed by atoms with Crippen LogP contribution >= 0.6 is 0 Å². The lowest BCUT2D eigenvalue weighted by Crippen LogP contribution is -2.36. The number of aromatic nitrogens is 2. The van der Waals surface area contributed by atoms with E-state index < -0.39 is 0 Å². The number of amides is 1. The number of benzene rings is 1. The van der Waals surface area contributed by atoms with Gasteiger partial charge in [0.15, 0.2) is 0 Å². The van der Waals surface area contributed by atoms with Gasteiger partial charge in [-0.3, -0.25) is 4.79 Å². The van der Waals surface area contributed by atoms with Gasteiger partial charge in [-0.1, -0.05) is 18.6 Å². The van der Waals surface area contributed by atoms with Crippen molar-refractivity contribution in [3.05, 3.63) is 30.1 Å². The Morgan fingerprint density at radius 3 is 3.05 bits per heavy atom. The minimum atomic E-state index is -0.121. The zero-order valence-corrected chi connectivity index (χ0v) is 12.3. The number of nitrogens with zero attached hydrogens (tertiary/aromatic N) is 1. The number of H-pyrrole nitrogens is 1. The summed E-state index contributed by atoms with van der Waals surface area (Å²) in [6.07, 6.45) is 3.10. The van der Waals surface area contributed by atoms with Crippen LogP contribution in [0.5, 0.6) is 0 Å². The second-order valence-electron chi connectivity index (χ2n) is 5.90. The maximum atomic E-state index is 12.4. The summed E-state index contributed by atoms with van der Waals surface area (Å²) in [5, 5.41) is 3.08. The average molecular weight is 286 g/mol. The first-order valence-corrected chi connectivity index (χ1v) is 7.64. The van der Waals surface area contributed by atoms with E-state index >= 15 is 0 Å². The van der Waals surface area contributed by atoms with Gasteiger partial charge in [0, 0.05) is 5.92 Å². The Morgan fingerprint density at radius 1 is 1.48 bits per heavy atom. The largest absolute Gasteiger partial charge is 0.346 e. The highest BCUT2D eigenvalue weighted by Crippen LogP contribution is 2.31. The number of aromatic amines is 1. The van der Waals surface area contributed by atoms with Crippen molar-refractivity contribution in [3.63, 3.8) is 0 Å². The fourth-order valence-corrected chi connectivity index (χ4v) is 3.23.